The quantitative estimate of drug-likeness (QED) is 0.398. The summed E-state index contributed by atoms with van der Waals surface area (Å²) < 4.78 is 30.7. The number of hydrogen-bond donors (Lipinski definition) is 2. The molecule has 6 rings (SSSR count). The Bertz CT molecular complexity index is 1530. The lowest BCUT2D eigenvalue weighted by molar-refractivity contribution is 0.0778. The van der Waals surface area contributed by atoms with E-state index in [1.165, 1.54) is 18.2 Å². The Morgan fingerprint density at radius 2 is 1.84 bits per heavy atom. The molecule has 1 aromatic carbocycles. The normalized spacial score (nSPS) is 22.0. The lowest BCUT2D eigenvalue weighted by Crippen LogP contribution is -2.38. The number of aliphatic hydroxyl groups excluding tert-OH is 2. The van der Waals surface area contributed by atoms with E-state index in [1.807, 2.05) is 13.0 Å². The van der Waals surface area contributed by atoms with Gasteiger partial charge in [0.25, 0.3) is 0 Å². The molecule has 2 aliphatic rings. The minimum Gasteiger partial charge on any atom is -0.394 e. The van der Waals surface area contributed by atoms with Crippen LogP contribution in [-0.2, 0) is 12.0 Å². The lowest BCUT2D eigenvalue weighted by Gasteiger charge is -2.37. The topological polar surface area (TPSA) is 110 Å². The number of benzene rings is 1. The summed E-state index contributed by atoms with van der Waals surface area (Å²) in [5, 5.41) is 32.5. The molecule has 1 fully saturated rings. The van der Waals surface area contributed by atoms with Gasteiger partial charge in [-0.2, -0.15) is 10.2 Å². The van der Waals surface area contributed by atoms with Gasteiger partial charge in [0.05, 0.1) is 53.5 Å². The standard InChI is InChI=1S/C28H28F2N6O2/c1-15-9-21(35-36(15)13-16(38)14-37)23-11-31-12-24(32-23)28-8-7-18(27(28,2)3)17-10-22(33-34-26(17)28)25-19(29)5-4-6-20(25)30/h4-6,9-12,16,18,37-38H,7-8,13-14H2,1-3H3/t16?,18-,28-/m0/s1. The van der Waals surface area contributed by atoms with Crippen molar-refractivity contribution >= 4 is 0 Å². The number of halogens is 2. The van der Waals surface area contributed by atoms with Crippen LogP contribution in [0.2, 0.25) is 0 Å². The van der Waals surface area contributed by atoms with Gasteiger partial charge < -0.3 is 10.2 Å². The number of aromatic nitrogens is 6. The van der Waals surface area contributed by atoms with Gasteiger partial charge in [0.2, 0.25) is 0 Å². The third-order valence-corrected chi connectivity index (χ3v) is 8.51. The van der Waals surface area contributed by atoms with E-state index in [-0.39, 0.29) is 35.7 Å². The van der Waals surface area contributed by atoms with E-state index in [0.29, 0.717) is 11.4 Å². The molecule has 0 saturated heterocycles. The largest absolute Gasteiger partial charge is 0.394 e. The Morgan fingerprint density at radius 3 is 2.58 bits per heavy atom. The van der Waals surface area contributed by atoms with Gasteiger partial charge in [-0.25, -0.2) is 13.8 Å². The van der Waals surface area contributed by atoms with Gasteiger partial charge in [0.1, 0.15) is 23.0 Å². The Labute approximate surface area is 218 Å². The minimum atomic E-state index is -0.912. The molecule has 1 saturated carbocycles. The van der Waals surface area contributed by atoms with Crippen molar-refractivity contribution in [3.8, 4) is 22.6 Å². The zero-order valence-electron chi connectivity index (χ0n) is 21.4. The van der Waals surface area contributed by atoms with Crippen LogP contribution in [0.3, 0.4) is 0 Å². The molecule has 8 nitrogen and oxygen atoms in total. The van der Waals surface area contributed by atoms with E-state index >= 15 is 0 Å². The third-order valence-electron chi connectivity index (χ3n) is 8.51. The average molecular weight is 519 g/mol. The first-order valence-electron chi connectivity index (χ1n) is 12.7. The van der Waals surface area contributed by atoms with Crippen molar-refractivity contribution in [2.24, 2.45) is 5.41 Å². The van der Waals surface area contributed by atoms with Crippen molar-refractivity contribution in [3.63, 3.8) is 0 Å². The first kappa shape index (κ1) is 24.7. The number of aryl methyl sites for hydroxylation is 1. The summed E-state index contributed by atoms with van der Waals surface area (Å²) in [5.41, 5.74) is 3.65. The molecule has 0 amide bonds. The molecule has 38 heavy (non-hydrogen) atoms. The summed E-state index contributed by atoms with van der Waals surface area (Å²) in [4.78, 5) is 9.53. The van der Waals surface area contributed by atoms with Gasteiger partial charge in [-0.05, 0) is 60.9 Å². The molecule has 10 heteroatoms. The minimum absolute atomic E-state index is 0.119. The molecule has 0 aliphatic heterocycles. The molecule has 3 aromatic heterocycles. The number of aliphatic hydroxyl groups is 2. The summed E-state index contributed by atoms with van der Waals surface area (Å²) >= 11 is 0. The van der Waals surface area contributed by atoms with E-state index < -0.39 is 23.2 Å². The van der Waals surface area contributed by atoms with Crippen molar-refractivity contribution in [1.82, 2.24) is 29.9 Å². The van der Waals surface area contributed by atoms with Gasteiger partial charge in [0, 0.05) is 11.9 Å². The Morgan fingerprint density at radius 1 is 1.08 bits per heavy atom. The van der Waals surface area contributed by atoms with Crippen molar-refractivity contribution in [1.29, 1.82) is 0 Å². The fraction of sp³-hybridized carbons (Fsp3) is 0.393. The zero-order chi connectivity index (χ0) is 26.8. The van der Waals surface area contributed by atoms with Crippen molar-refractivity contribution < 1.29 is 19.0 Å². The maximum atomic E-state index is 14.5. The Hall–Kier alpha value is -3.63. The fourth-order valence-corrected chi connectivity index (χ4v) is 6.53. The lowest BCUT2D eigenvalue weighted by atomic mass is 9.66. The number of rotatable bonds is 6. The molecule has 4 aromatic rings. The fourth-order valence-electron chi connectivity index (χ4n) is 6.53. The first-order valence-corrected chi connectivity index (χ1v) is 12.7. The van der Waals surface area contributed by atoms with Crippen LogP contribution in [0.4, 0.5) is 8.78 Å². The number of nitrogens with zero attached hydrogens (tertiary/aromatic N) is 6. The van der Waals surface area contributed by atoms with Crippen LogP contribution in [-0.4, -0.2) is 52.9 Å². The second-order valence-corrected chi connectivity index (χ2v) is 10.8. The predicted octanol–water partition coefficient (Wildman–Crippen LogP) is 3.94. The summed E-state index contributed by atoms with van der Waals surface area (Å²) in [6, 6.07) is 7.43. The maximum absolute atomic E-state index is 14.5. The van der Waals surface area contributed by atoms with Gasteiger partial charge in [-0.3, -0.25) is 9.67 Å². The van der Waals surface area contributed by atoms with Gasteiger partial charge in [0.15, 0.2) is 0 Å². The smallest absolute Gasteiger partial charge is 0.135 e. The summed E-state index contributed by atoms with van der Waals surface area (Å²) in [5.74, 6) is -1.22. The molecule has 1 unspecified atom stereocenters. The second kappa shape index (κ2) is 8.71. The van der Waals surface area contributed by atoms with Crippen LogP contribution in [0, 0.1) is 24.0 Å². The highest BCUT2D eigenvalue weighted by atomic mass is 19.1. The van der Waals surface area contributed by atoms with E-state index in [4.69, 9.17) is 4.98 Å². The SMILES string of the molecule is Cc1cc(-c2cncc([C@@]34CC[C@@H](c5cc(-c6c(F)cccc6F)nnc53)C4(C)C)n2)nn1CC(O)CO. The van der Waals surface area contributed by atoms with Crippen LogP contribution in [0.5, 0.6) is 0 Å². The van der Waals surface area contributed by atoms with Crippen molar-refractivity contribution in [2.45, 2.75) is 57.6 Å². The van der Waals surface area contributed by atoms with Crippen LogP contribution in [0.1, 0.15) is 55.3 Å². The van der Waals surface area contributed by atoms with Crippen LogP contribution < -0.4 is 0 Å². The number of fused-ring (bicyclic) bond motifs is 5. The van der Waals surface area contributed by atoms with Gasteiger partial charge >= 0.3 is 0 Å². The zero-order valence-corrected chi connectivity index (χ0v) is 21.4. The van der Waals surface area contributed by atoms with E-state index in [2.05, 4.69) is 34.1 Å². The van der Waals surface area contributed by atoms with Crippen molar-refractivity contribution in [3.05, 3.63) is 77.0 Å². The molecule has 2 N–H and O–H groups in total. The van der Waals surface area contributed by atoms with Crippen molar-refractivity contribution in [2.75, 3.05) is 6.61 Å². The summed E-state index contributed by atoms with van der Waals surface area (Å²) in [6.45, 7) is 6.05. The van der Waals surface area contributed by atoms with Crippen LogP contribution in [0.15, 0.2) is 42.7 Å². The highest BCUT2D eigenvalue weighted by molar-refractivity contribution is 5.64. The molecule has 2 bridgehead atoms. The molecule has 196 valence electrons. The Kier molecular flexibility index (Phi) is 5.66. The Balaban J connectivity index is 1.44. The van der Waals surface area contributed by atoms with Gasteiger partial charge in [-0.1, -0.05) is 19.9 Å². The van der Waals surface area contributed by atoms with E-state index in [9.17, 15) is 19.0 Å². The monoisotopic (exact) mass is 518 g/mol. The molecule has 3 atom stereocenters. The molecule has 2 aliphatic carbocycles. The maximum Gasteiger partial charge on any atom is 0.135 e. The predicted molar refractivity (Wildman–Crippen MR) is 135 cm³/mol. The number of hydrogen-bond acceptors (Lipinski definition) is 7. The molecular formula is C28H28F2N6O2. The van der Waals surface area contributed by atoms with Crippen LogP contribution in [0.25, 0.3) is 22.6 Å². The molecular weight excluding hydrogens is 490 g/mol. The van der Waals surface area contributed by atoms with Gasteiger partial charge in [-0.15, -0.1) is 5.10 Å². The highest BCUT2D eigenvalue weighted by Crippen LogP contribution is 2.69. The van der Waals surface area contributed by atoms with E-state index in [1.54, 1.807) is 23.1 Å². The molecule has 3 heterocycles. The summed E-state index contributed by atoms with van der Waals surface area (Å²) in [7, 11) is 0. The average Bonchev–Trinajstić information content (AvgIpc) is 3.46. The first-order chi connectivity index (χ1) is 18.2. The molecule has 0 spiro atoms. The van der Waals surface area contributed by atoms with Crippen LogP contribution >= 0.6 is 0 Å². The third kappa shape index (κ3) is 3.43. The second-order valence-electron chi connectivity index (χ2n) is 10.8. The summed E-state index contributed by atoms with van der Waals surface area (Å²) in [6.07, 6.45) is 4.18. The molecule has 0 radical (unpaired) electrons. The highest BCUT2D eigenvalue weighted by Gasteiger charge is 2.65. The van der Waals surface area contributed by atoms with E-state index in [0.717, 1.165) is 35.5 Å².